The topological polar surface area (TPSA) is 58.2 Å². The Labute approximate surface area is 79.9 Å². The number of nitrogens with one attached hydrogen (secondary N) is 2. The van der Waals surface area contributed by atoms with Crippen LogP contribution in [0.1, 0.15) is 0 Å². The van der Waals surface area contributed by atoms with Crippen molar-refractivity contribution in [1.82, 2.24) is 5.32 Å². The van der Waals surface area contributed by atoms with Crippen LogP contribution in [0.25, 0.3) is 0 Å². The van der Waals surface area contributed by atoms with Crippen LogP contribution in [0, 0.1) is 0 Å². The highest BCUT2D eigenvalue weighted by atomic mass is 35.5. The van der Waals surface area contributed by atoms with E-state index in [9.17, 15) is 9.59 Å². The van der Waals surface area contributed by atoms with Crippen molar-refractivity contribution in [2.24, 2.45) is 0 Å². The van der Waals surface area contributed by atoms with Gasteiger partial charge in [-0.25, -0.2) is 4.79 Å². The van der Waals surface area contributed by atoms with E-state index >= 15 is 0 Å². The Morgan fingerprint density at radius 1 is 1.46 bits per heavy atom. The van der Waals surface area contributed by atoms with Gasteiger partial charge in [0.15, 0.2) is 0 Å². The first kappa shape index (κ1) is 9.54. The highest BCUT2D eigenvalue weighted by Crippen LogP contribution is 2.14. The van der Waals surface area contributed by atoms with Gasteiger partial charge in [0.1, 0.15) is 0 Å². The van der Waals surface area contributed by atoms with Crippen LogP contribution >= 0.6 is 11.6 Å². The lowest BCUT2D eigenvalue weighted by Gasteiger charge is -2.02. The summed E-state index contributed by atoms with van der Waals surface area (Å²) in [5, 5.41) is 4.88. The van der Waals surface area contributed by atoms with E-state index < -0.39 is 6.03 Å². The molecular formula is C8H7ClN2O2. The summed E-state index contributed by atoms with van der Waals surface area (Å²) in [6.45, 7) is 0. The fraction of sp³-hybridized carbons (Fsp3) is 0. The summed E-state index contributed by atoms with van der Waals surface area (Å²) in [4.78, 5) is 20.7. The van der Waals surface area contributed by atoms with Gasteiger partial charge in [0.25, 0.3) is 0 Å². The van der Waals surface area contributed by atoms with Crippen LogP contribution in [0.15, 0.2) is 24.3 Å². The Morgan fingerprint density at radius 3 is 2.85 bits per heavy atom. The molecule has 0 aliphatic heterocycles. The maximum atomic E-state index is 10.8. The first-order chi connectivity index (χ1) is 6.22. The number of anilines is 1. The van der Waals surface area contributed by atoms with Crippen molar-refractivity contribution in [1.29, 1.82) is 0 Å². The summed E-state index contributed by atoms with van der Waals surface area (Å²) in [6.07, 6.45) is 0.305. The number of hydrogen-bond donors (Lipinski definition) is 2. The van der Waals surface area contributed by atoms with Gasteiger partial charge in [-0.3, -0.25) is 10.1 Å². The van der Waals surface area contributed by atoms with Crippen molar-refractivity contribution >= 4 is 29.7 Å². The smallest absolute Gasteiger partial charge is 0.308 e. The zero-order chi connectivity index (χ0) is 9.68. The van der Waals surface area contributed by atoms with Crippen molar-refractivity contribution < 1.29 is 9.59 Å². The van der Waals surface area contributed by atoms with Crippen LogP contribution in [-0.4, -0.2) is 12.4 Å². The van der Waals surface area contributed by atoms with E-state index in [4.69, 9.17) is 11.6 Å². The lowest BCUT2D eigenvalue weighted by Crippen LogP contribution is -2.26. The molecule has 0 bridgehead atoms. The zero-order valence-electron chi connectivity index (χ0n) is 6.58. The zero-order valence-corrected chi connectivity index (χ0v) is 7.34. The van der Waals surface area contributed by atoms with Crippen molar-refractivity contribution in [2.45, 2.75) is 0 Å². The van der Waals surface area contributed by atoms with Crippen LogP contribution in [0.3, 0.4) is 0 Å². The Hall–Kier alpha value is -1.55. The van der Waals surface area contributed by atoms with Gasteiger partial charge in [-0.2, -0.15) is 0 Å². The summed E-state index contributed by atoms with van der Waals surface area (Å²) in [5.41, 5.74) is 0.534. The average molecular weight is 199 g/mol. The predicted molar refractivity (Wildman–Crippen MR) is 49.7 cm³/mol. The second kappa shape index (κ2) is 4.47. The van der Waals surface area contributed by atoms with E-state index in [0.29, 0.717) is 17.1 Å². The highest BCUT2D eigenvalue weighted by molar-refractivity contribution is 6.30. The standard InChI is InChI=1S/C8H7ClN2O2/c9-6-2-1-3-7(4-6)11-8(13)10-5-12/h1-5H,(H2,10,11,12,13). The quantitative estimate of drug-likeness (QED) is 0.710. The molecule has 0 heterocycles. The van der Waals surface area contributed by atoms with E-state index in [2.05, 4.69) is 5.32 Å². The van der Waals surface area contributed by atoms with Gasteiger partial charge in [-0.1, -0.05) is 17.7 Å². The van der Waals surface area contributed by atoms with Crippen LogP contribution in [-0.2, 0) is 4.79 Å². The molecule has 1 rings (SSSR count). The molecule has 2 N–H and O–H groups in total. The van der Waals surface area contributed by atoms with Crippen LogP contribution in [0.4, 0.5) is 10.5 Å². The number of benzene rings is 1. The Bertz CT molecular complexity index is 328. The SMILES string of the molecule is O=CNC(=O)Nc1cccc(Cl)c1. The molecule has 3 amide bonds. The molecule has 0 aliphatic carbocycles. The number of halogens is 1. The average Bonchev–Trinajstić information content (AvgIpc) is 2.04. The molecule has 68 valence electrons. The van der Waals surface area contributed by atoms with Gasteiger partial charge >= 0.3 is 6.03 Å². The van der Waals surface area contributed by atoms with Gasteiger partial charge in [0, 0.05) is 10.7 Å². The summed E-state index contributed by atoms with van der Waals surface area (Å²) >= 11 is 5.66. The lowest BCUT2D eigenvalue weighted by molar-refractivity contribution is -0.108. The molecule has 0 aliphatic rings. The third-order valence-electron chi connectivity index (χ3n) is 1.27. The van der Waals surface area contributed by atoms with E-state index in [1.807, 2.05) is 5.32 Å². The maximum absolute atomic E-state index is 10.8. The third-order valence-corrected chi connectivity index (χ3v) is 1.51. The first-order valence-corrected chi connectivity index (χ1v) is 3.87. The van der Waals surface area contributed by atoms with Crippen molar-refractivity contribution in [3.8, 4) is 0 Å². The molecule has 5 heteroatoms. The molecule has 0 fully saturated rings. The summed E-state index contributed by atoms with van der Waals surface area (Å²) in [6, 6.07) is 6.03. The van der Waals surface area contributed by atoms with E-state index in [1.165, 1.54) is 0 Å². The minimum absolute atomic E-state index is 0.305. The normalized spacial score (nSPS) is 9.00. The Kier molecular flexibility index (Phi) is 3.28. The van der Waals surface area contributed by atoms with E-state index in [1.54, 1.807) is 24.3 Å². The number of imide groups is 1. The summed E-state index contributed by atoms with van der Waals surface area (Å²) in [5.74, 6) is 0. The van der Waals surface area contributed by atoms with Gasteiger partial charge in [0.2, 0.25) is 6.41 Å². The van der Waals surface area contributed by atoms with Gasteiger partial charge in [-0.05, 0) is 18.2 Å². The fourth-order valence-electron chi connectivity index (χ4n) is 0.787. The van der Waals surface area contributed by atoms with Gasteiger partial charge in [0.05, 0.1) is 0 Å². The Balaban J connectivity index is 2.63. The Morgan fingerprint density at radius 2 is 2.23 bits per heavy atom. The molecule has 1 aromatic rings. The molecular weight excluding hydrogens is 192 g/mol. The van der Waals surface area contributed by atoms with Gasteiger partial charge < -0.3 is 5.32 Å². The van der Waals surface area contributed by atoms with Gasteiger partial charge in [-0.15, -0.1) is 0 Å². The molecule has 0 unspecified atom stereocenters. The van der Waals surface area contributed by atoms with Crippen molar-refractivity contribution in [2.75, 3.05) is 5.32 Å². The number of urea groups is 1. The predicted octanol–water partition coefficient (Wildman–Crippen LogP) is 1.62. The molecule has 0 atom stereocenters. The third kappa shape index (κ3) is 3.13. The molecule has 0 saturated carbocycles. The number of carbonyl (C=O) groups excluding carboxylic acids is 2. The van der Waals surface area contributed by atoms with E-state index in [0.717, 1.165) is 0 Å². The minimum atomic E-state index is -0.586. The molecule has 0 spiro atoms. The number of amides is 3. The minimum Gasteiger partial charge on any atom is -0.308 e. The van der Waals surface area contributed by atoms with Crippen LogP contribution < -0.4 is 10.6 Å². The molecule has 0 aromatic heterocycles. The first-order valence-electron chi connectivity index (χ1n) is 3.49. The van der Waals surface area contributed by atoms with Crippen molar-refractivity contribution in [3.05, 3.63) is 29.3 Å². The highest BCUT2D eigenvalue weighted by Gasteiger charge is 1.99. The number of hydrogen-bond acceptors (Lipinski definition) is 2. The maximum Gasteiger partial charge on any atom is 0.325 e. The molecule has 1 aromatic carbocycles. The second-order valence-corrected chi connectivity index (χ2v) is 2.66. The second-order valence-electron chi connectivity index (χ2n) is 2.23. The lowest BCUT2D eigenvalue weighted by atomic mass is 10.3. The molecule has 13 heavy (non-hydrogen) atoms. The number of carbonyl (C=O) groups is 2. The molecule has 0 saturated heterocycles. The van der Waals surface area contributed by atoms with E-state index in [-0.39, 0.29) is 0 Å². The largest absolute Gasteiger partial charge is 0.325 e. The van der Waals surface area contributed by atoms with Crippen LogP contribution in [0.5, 0.6) is 0 Å². The summed E-state index contributed by atoms with van der Waals surface area (Å²) in [7, 11) is 0. The van der Waals surface area contributed by atoms with Crippen molar-refractivity contribution in [3.63, 3.8) is 0 Å². The monoisotopic (exact) mass is 198 g/mol. The fourth-order valence-corrected chi connectivity index (χ4v) is 0.977. The molecule has 0 radical (unpaired) electrons. The molecule has 4 nitrogen and oxygen atoms in total. The van der Waals surface area contributed by atoms with Crippen LogP contribution in [0.2, 0.25) is 5.02 Å². The summed E-state index contributed by atoms with van der Waals surface area (Å²) < 4.78 is 0. The number of rotatable bonds is 2.